The topological polar surface area (TPSA) is 230 Å². The molecule has 5 fully saturated rings. The van der Waals surface area contributed by atoms with Crippen molar-refractivity contribution in [2.45, 2.75) is 128 Å². The molecule has 6 aromatic rings. The van der Waals surface area contributed by atoms with Gasteiger partial charge in [0.1, 0.15) is 47.4 Å². The second-order valence-electron chi connectivity index (χ2n) is 24.2. The van der Waals surface area contributed by atoms with Gasteiger partial charge < -0.3 is 39.5 Å². The normalized spacial score (nSPS) is 21.8. The van der Waals surface area contributed by atoms with Gasteiger partial charge in [0, 0.05) is 126 Å². The van der Waals surface area contributed by atoms with E-state index in [0.717, 1.165) is 122 Å². The highest BCUT2D eigenvalue weighted by Crippen LogP contribution is 2.36. The number of carbonyl (C=O) groups is 6. The standard InChI is InChI=1S/C62H68N12O9/c1-62(2,3)83-59(80)53(28-52(55(63)76)73-34-42-27-44(9-11-48(42)57(73)78)82-46-17-23-69(36-46)32-38-7-13-50-40(25-38)30-65-61(67-50)71-20-5-21-71)74-54(75)15-14-51(58(74)79)72-33-41-26-43(8-10-47(41)56(72)77)81-45-16-22-68(35-45)31-37-6-12-49-39(24-37)29-64-60(66-49)70-18-4-19-70/h6-13,24-27,29-30,45-46,51-53H,4-5,14-23,28,31-36H2,1-3H3,(H2,63,76)/t45-,46-,51-,52-,53-/m0/s1. The largest absolute Gasteiger partial charge is 0.489 e. The number of rotatable bonds is 17. The van der Waals surface area contributed by atoms with Crippen LogP contribution in [0.15, 0.2) is 85.2 Å². The van der Waals surface area contributed by atoms with Gasteiger partial charge in [0.2, 0.25) is 23.7 Å². The lowest BCUT2D eigenvalue weighted by atomic mass is 9.96. The Kier molecular flexibility index (Phi) is 14.2. The zero-order chi connectivity index (χ0) is 57.3. The van der Waals surface area contributed by atoms with E-state index < -0.39 is 65.7 Å². The molecule has 0 unspecified atom stereocenters. The van der Waals surface area contributed by atoms with Crippen LogP contribution in [-0.2, 0) is 50.1 Å². The molecular formula is C62H68N12O9. The first-order valence-corrected chi connectivity index (χ1v) is 29.1. The lowest BCUT2D eigenvalue weighted by Gasteiger charge is -2.40. The van der Waals surface area contributed by atoms with Crippen LogP contribution in [0.3, 0.4) is 0 Å². The quantitative estimate of drug-likeness (QED) is 0.0892. The summed E-state index contributed by atoms with van der Waals surface area (Å²) in [6.45, 7) is 13.5. The Labute approximate surface area is 480 Å². The summed E-state index contributed by atoms with van der Waals surface area (Å²) in [4.78, 5) is 117. The summed E-state index contributed by atoms with van der Waals surface area (Å²) in [6.07, 6.45) is 6.85. The van der Waals surface area contributed by atoms with Crippen molar-refractivity contribution in [1.82, 2.24) is 44.4 Å². The van der Waals surface area contributed by atoms with Crippen LogP contribution in [0.1, 0.15) is 109 Å². The van der Waals surface area contributed by atoms with Crippen molar-refractivity contribution < 1.29 is 43.0 Å². The number of esters is 1. The number of nitrogens with two attached hydrogens (primary N) is 1. The Hall–Kier alpha value is -8.30. The zero-order valence-electron chi connectivity index (χ0n) is 47.1. The van der Waals surface area contributed by atoms with Crippen molar-refractivity contribution in [2.24, 2.45) is 5.73 Å². The van der Waals surface area contributed by atoms with Crippen molar-refractivity contribution in [3.8, 4) is 11.5 Å². The molecule has 0 radical (unpaired) electrons. The lowest BCUT2D eigenvalue weighted by Crippen LogP contribution is -2.61. The van der Waals surface area contributed by atoms with Gasteiger partial charge in [-0.2, -0.15) is 0 Å². The van der Waals surface area contributed by atoms with Crippen molar-refractivity contribution in [1.29, 1.82) is 0 Å². The molecule has 0 spiro atoms. The number of imide groups is 1. The van der Waals surface area contributed by atoms with Crippen LogP contribution in [0.2, 0.25) is 0 Å². The smallest absolute Gasteiger partial charge is 0.329 e. The Bertz CT molecular complexity index is 3600. The molecule has 21 heteroatoms. The molecule has 0 aliphatic carbocycles. The third kappa shape index (κ3) is 11.0. The molecule has 2 aromatic heterocycles. The maximum Gasteiger partial charge on any atom is 0.329 e. The summed E-state index contributed by atoms with van der Waals surface area (Å²) in [6, 6.07) is 18.9. The number of nitrogens with zero attached hydrogens (tertiary/aromatic N) is 11. The van der Waals surface area contributed by atoms with Gasteiger partial charge in [-0.15, -0.1) is 0 Å². The van der Waals surface area contributed by atoms with Crippen molar-refractivity contribution >= 4 is 69.2 Å². The predicted octanol–water partition coefficient (Wildman–Crippen LogP) is 5.38. The van der Waals surface area contributed by atoms with Gasteiger partial charge in [-0.05, 0) is 136 Å². The van der Waals surface area contributed by atoms with E-state index in [1.807, 2.05) is 18.5 Å². The van der Waals surface area contributed by atoms with Crippen molar-refractivity contribution in [2.75, 3.05) is 62.2 Å². The zero-order valence-corrected chi connectivity index (χ0v) is 47.1. The number of primary amides is 1. The minimum Gasteiger partial charge on any atom is -0.489 e. The fourth-order valence-electron chi connectivity index (χ4n) is 12.6. The number of ether oxygens (including phenoxy) is 3. The van der Waals surface area contributed by atoms with E-state index >= 15 is 0 Å². The van der Waals surface area contributed by atoms with E-state index in [1.54, 1.807) is 51.1 Å². The van der Waals surface area contributed by atoms with Crippen LogP contribution in [0.4, 0.5) is 11.9 Å². The summed E-state index contributed by atoms with van der Waals surface area (Å²) in [5.41, 5.74) is 11.2. The summed E-state index contributed by atoms with van der Waals surface area (Å²) < 4.78 is 18.8. The molecule has 13 rings (SSSR count). The van der Waals surface area contributed by atoms with Crippen LogP contribution >= 0.6 is 0 Å². The molecular weight excluding hydrogens is 1060 g/mol. The molecule has 83 heavy (non-hydrogen) atoms. The van der Waals surface area contributed by atoms with Gasteiger partial charge in [-0.1, -0.05) is 12.1 Å². The molecule has 5 atom stereocenters. The third-order valence-corrected chi connectivity index (χ3v) is 17.2. The van der Waals surface area contributed by atoms with E-state index in [-0.39, 0.29) is 38.1 Å². The second-order valence-corrected chi connectivity index (χ2v) is 24.2. The average Bonchev–Trinajstić information content (AvgIpc) is 4.39. The fraction of sp³-hybridized carbons (Fsp3) is 0.452. The second kappa shape index (κ2) is 21.8. The number of anilines is 2. The van der Waals surface area contributed by atoms with Gasteiger partial charge in [-0.25, -0.2) is 24.7 Å². The van der Waals surface area contributed by atoms with E-state index in [1.165, 1.54) is 15.4 Å². The Morgan fingerprint density at radius 1 is 0.651 bits per heavy atom. The number of piperidine rings is 1. The molecule has 7 aliphatic heterocycles. The lowest BCUT2D eigenvalue weighted by molar-refractivity contribution is -0.173. The number of likely N-dealkylation sites (tertiary alicyclic amines) is 3. The number of aromatic nitrogens is 4. The first-order chi connectivity index (χ1) is 40.0. The average molecular weight is 1130 g/mol. The highest BCUT2D eigenvalue weighted by atomic mass is 16.6. The number of hydrogen-bond acceptors (Lipinski definition) is 17. The maximum absolute atomic E-state index is 14.8. The first kappa shape index (κ1) is 54.0. The predicted molar refractivity (Wildman–Crippen MR) is 306 cm³/mol. The monoisotopic (exact) mass is 1120 g/mol. The first-order valence-electron chi connectivity index (χ1n) is 29.1. The number of hydrogen-bond donors (Lipinski definition) is 1. The highest BCUT2D eigenvalue weighted by molar-refractivity contribution is 6.08. The third-order valence-electron chi connectivity index (χ3n) is 17.2. The Morgan fingerprint density at radius 3 is 1.71 bits per heavy atom. The van der Waals surface area contributed by atoms with E-state index in [9.17, 15) is 28.8 Å². The van der Waals surface area contributed by atoms with Gasteiger partial charge in [0.05, 0.1) is 11.0 Å². The Balaban J connectivity index is 0.646. The molecule has 430 valence electrons. The van der Waals surface area contributed by atoms with Crippen LogP contribution in [0, 0.1) is 0 Å². The molecule has 5 saturated heterocycles. The summed E-state index contributed by atoms with van der Waals surface area (Å²) >= 11 is 0. The molecule has 7 aliphatic rings. The SMILES string of the molecule is CC(C)(C)OC(=O)[C@H](C[C@@H](C(N)=O)N1Cc2cc(O[C@H]3CCN(Cc4ccc5nc(N6CCC6)ncc5c4)C3)ccc2C1=O)N1C(=O)CC[C@H](N2Cc3cc(O[C@H]4CCN(Cc5ccc6nc(N7CCC7)ncc6c5)C4)ccc3C2=O)C1=O. The Morgan fingerprint density at radius 2 is 1.19 bits per heavy atom. The molecule has 0 saturated carbocycles. The minimum absolute atomic E-state index is 0.0164. The van der Waals surface area contributed by atoms with Gasteiger partial charge >= 0.3 is 5.97 Å². The van der Waals surface area contributed by atoms with E-state index in [4.69, 9.17) is 29.9 Å². The van der Waals surface area contributed by atoms with Gasteiger partial charge in [0.15, 0.2) is 0 Å². The van der Waals surface area contributed by atoms with Crippen molar-refractivity contribution in [3.63, 3.8) is 0 Å². The van der Waals surface area contributed by atoms with Crippen molar-refractivity contribution in [3.05, 3.63) is 119 Å². The summed E-state index contributed by atoms with van der Waals surface area (Å²) in [5.74, 6) is -1.52. The molecule has 4 aromatic carbocycles. The van der Waals surface area contributed by atoms with Crippen LogP contribution in [-0.4, -0.2) is 168 Å². The van der Waals surface area contributed by atoms with Crippen LogP contribution < -0.4 is 25.0 Å². The number of fused-ring (bicyclic) bond motifs is 4. The summed E-state index contributed by atoms with van der Waals surface area (Å²) in [5, 5.41) is 2.00. The fourth-order valence-corrected chi connectivity index (χ4v) is 12.6. The number of carbonyl (C=O) groups excluding carboxylic acids is 6. The van der Waals surface area contributed by atoms with Gasteiger partial charge in [-0.3, -0.25) is 38.7 Å². The number of amides is 5. The molecule has 9 heterocycles. The van der Waals surface area contributed by atoms with Crippen LogP contribution in [0.5, 0.6) is 11.5 Å². The number of benzene rings is 4. The van der Waals surface area contributed by atoms with E-state index in [0.29, 0.717) is 46.8 Å². The molecule has 5 amide bonds. The highest BCUT2D eigenvalue weighted by Gasteiger charge is 2.50. The minimum atomic E-state index is -1.66. The summed E-state index contributed by atoms with van der Waals surface area (Å²) in [7, 11) is 0. The van der Waals surface area contributed by atoms with Gasteiger partial charge in [0.25, 0.3) is 17.7 Å². The molecule has 21 nitrogen and oxygen atoms in total. The van der Waals surface area contributed by atoms with Crippen LogP contribution in [0.25, 0.3) is 21.8 Å². The van der Waals surface area contributed by atoms with E-state index in [2.05, 4.69) is 66.0 Å². The molecule has 2 N–H and O–H groups in total. The maximum atomic E-state index is 14.8. The molecule has 0 bridgehead atoms.